The van der Waals surface area contributed by atoms with Crippen LogP contribution in [0.1, 0.15) is 16.1 Å². The van der Waals surface area contributed by atoms with Crippen LogP contribution in [0.5, 0.6) is 5.75 Å². The molecule has 28 heavy (non-hydrogen) atoms. The number of rotatable bonds is 7. The molecule has 0 unspecified atom stereocenters. The van der Waals surface area contributed by atoms with Gasteiger partial charge in [0.2, 0.25) is 0 Å². The molecule has 0 saturated carbocycles. The molecule has 1 amide bonds. The van der Waals surface area contributed by atoms with E-state index in [1.165, 1.54) is 18.3 Å². The average molecular weight is 399 g/mol. The van der Waals surface area contributed by atoms with Gasteiger partial charge in [-0.05, 0) is 48.5 Å². The maximum Gasteiger partial charge on any atom is 0.335 e. The van der Waals surface area contributed by atoms with Gasteiger partial charge in [0.1, 0.15) is 17.3 Å². The number of amides is 1. The van der Waals surface area contributed by atoms with Crippen LogP contribution in [0, 0.1) is 0 Å². The summed E-state index contributed by atoms with van der Waals surface area (Å²) in [6.07, 6.45) is 1.34. The Morgan fingerprint density at radius 3 is 2.68 bits per heavy atom. The van der Waals surface area contributed by atoms with Crippen molar-refractivity contribution in [3.8, 4) is 17.1 Å². The van der Waals surface area contributed by atoms with Crippen LogP contribution in [0.3, 0.4) is 0 Å². The lowest BCUT2D eigenvalue weighted by Gasteiger charge is -2.04. The number of benzene rings is 2. The number of ether oxygens (including phenoxy) is 1. The highest BCUT2D eigenvalue weighted by molar-refractivity contribution is 6.30. The predicted molar refractivity (Wildman–Crippen MR) is 104 cm³/mol. The van der Waals surface area contributed by atoms with Crippen LogP contribution >= 0.6 is 11.6 Å². The zero-order valence-corrected chi connectivity index (χ0v) is 15.2. The summed E-state index contributed by atoms with van der Waals surface area (Å²) < 4.78 is 10.9. The van der Waals surface area contributed by atoms with E-state index in [0.717, 1.165) is 0 Å². The van der Waals surface area contributed by atoms with E-state index in [4.69, 9.17) is 25.9 Å². The molecule has 0 aliphatic rings. The monoisotopic (exact) mass is 398 g/mol. The molecule has 7 nitrogen and oxygen atoms in total. The Labute approximate surface area is 165 Å². The summed E-state index contributed by atoms with van der Waals surface area (Å²) in [5.74, 6) is -0.0507. The second kappa shape index (κ2) is 8.88. The fourth-order valence-corrected chi connectivity index (χ4v) is 2.39. The van der Waals surface area contributed by atoms with Gasteiger partial charge in [0, 0.05) is 10.6 Å². The molecule has 0 atom stereocenters. The van der Waals surface area contributed by atoms with Crippen LogP contribution in [0.25, 0.3) is 11.3 Å². The third kappa shape index (κ3) is 5.21. The van der Waals surface area contributed by atoms with Gasteiger partial charge in [-0.3, -0.25) is 4.79 Å². The molecule has 142 valence electrons. The predicted octanol–water partition coefficient (Wildman–Crippen LogP) is 3.83. The number of halogens is 1. The van der Waals surface area contributed by atoms with Crippen LogP contribution in [0.2, 0.25) is 5.02 Å². The third-order valence-electron chi connectivity index (χ3n) is 3.59. The quantitative estimate of drug-likeness (QED) is 0.465. The fraction of sp³-hybridized carbons (Fsp3) is 0.0500. The molecule has 0 radical (unpaired) electrons. The molecule has 2 aromatic carbocycles. The molecule has 1 heterocycles. The zero-order valence-electron chi connectivity index (χ0n) is 14.5. The van der Waals surface area contributed by atoms with Gasteiger partial charge >= 0.3 is 5.97 Å². The first kappa shape index (κ1) is 19.2. The Balaban J connectivity index is 1.53. The number of carbonyl (C=O) groups is 2. The molecule has 3 rings (SSSR count). The normalized spacial score (nSPS) is 10.8. The lowest BCUT2D eigenvalue weighted by molar-refractivity contribution is -0.123. The smallest absolute Gasteiger partial charge is 0.335 e. The van der Waals surface area contributed by atoms with E-state index in [1.54, 1.807) is 48.5 Å². The molecule has 0 spiro atoms. The first-order valence-corrected chi connectivity index (χ1v) is 8.53. The SMILES string of the molecule is O=C(COc1ccc(Cl)cc1)N/N=C\c1ccc(-c2cccc(C(=O)O)c2)o1. The Kier molecular flexibility index (Phi) is 6.08. The van der Waals surface area contributed by atoms with Crippen LogP contribution in [-0.2, 0) is 4.79 Å². The summed E-state index contributed by atoms with van der Waals surface area (Å²) in [7, 11) is 0. The Morgan fingerprint density at radius 2 is 1.93 bits per heavy atom. The minimum absolute atomic E-state index is 0.164. The van der Waals surface area contributed by atoms with Gasteiger partial charge in [0.05, 0.1) is 11.8 Å². The van der Waals surface area contributed by atoms with Crippen molar-refractivity contribution in [2.45, 2.75) is 0 Å². The number of nitrogens with zero attached hydrogens (tertiary/aromatic N) is 1. The molecule has 3 aromatic rings. The molecule has 2 N–H and O–H groups in total. The molecular weight excluding hydrogens is 384 g/mol. The summed E-state index contributed by atoms with van der Waals surface area (Å²) in [6.45, 7) is -0.204. The standard InChI is InChI=1S/C20H15ClN2O5/c21-15-4-6-16(7-5-15)27-12-19(24)23-22-11-17-8-9-18(28-17)13-2-1-3-14(10-13)20(25)26/h1-11H,12H2,(H,23,24)(H,25,26)/b22-11-. The van der Waals surface area contributed by atoms with E-state index < -0.39 is 11.9 Å². The lowest BCUT2D eigenvalue weighted by atomic mass is 10.1. The second-order valence-electron chi connectivity index (χ2n) is 5.62. The third-order valence-corrected chi connectivity index (χ3v) is 3.84. The van der Waals surface area contributed by atoms with E-state index in [1.807, 2.05) is 0 Å². The van der Waals surface area contributed by atoms with Crippen molar-refractivity contribution >= 4 is 29.7 Å². The molecule has 1 aromatic heterocycles. The number of hydrogen-bond acceptors (Lipinski definition) is 5. The Hall–Kier alpha value is -3.58. The highest BCUT2D eigenvalue weighted by Gasteiger charge is 2.08. The number of nitrogens with one attached hydrogen (secondary N) is 1. The van der Waals surface area contributed by atoms with Gasteiger partial charge in [-0.25, -0.2) is 10.2 Å². The van der Waals surface area contributed by atoms with Crippen LogP contribution in [-0.4, -0.2) is 29.8 Å². The second-order valence-corrected chi connectivity index (χ2v) is 6.06. The van der Waals surface area contributed by atoms with E-state index >= 15 is 0 Å². The van der Waals surface area contributed by atoms with Gasteiger partial charge in [0.15, 0.2) is 6.61 Å². The number of furan rings is 1. The molecular formula is C20H15ClN2O5. The highest BCUT2D eigenvalue weighted by atomic mass is 35.5. The number of carboxylic acid groups (broad SMARTS) is 1. The fourth-order valence-electron chi connectivity index (χ4n) is 2.26. The summed E-state index contributed by atoms with van der Waals surface area (Å²) in [5.41, 5.74) is 3.12. The molecule has 0 fully saturated rings. The highest BCUT2D eigenvalue weighted by Crippen LogP contribution is 2.22. The number of carbonyl (C=O) groups excluding carboxylic acids is 1. The van der Waals surface area contributed by atoms with E-state index in [9.17, 15) is 9.59 Å². The van der Waals surface area contributed by atoms with Gasteiger partial charge < -0.3 is 14.3 Å². The van der Waals surface area contributed by atoms with Gasteiger partial charge in [0.25, 0.3) is 5.91 Å². The number of hydrogen-bond donors (Lipinski definition) is 2. The van der Waals surface area contributed by atoms with Crippen molar-refractivity contribution in [2.75, 3.05) is 6.61 Å². The summed E-state index contributed by atoms with van der Waals surface area (Å²) in [4.78, 5) is 22.8. The van der Waals surface area contributed by atoms with E-state index in [0.29, 0.717) is 27.9 Å². The summed E-state index contributed by atoms with van der Waals surface area (Å²) in [5, 5.41) is 13.4. The molecule has 0 aliphatic carbocycles. The lowest BCUT2D eigenvalue weighted by Crippen LogP contribution is -2.24. The van der Waals surface area contributed by atoms with Crippen molar-refractivity contribution in [2.24, 2.45) is 5.10 Å². The Bertz CT molecular complexity index is 1010. The van der Waals surface area contributed by atoms with Crippen molar-refractivity contribution in [3.05, 3.63) is 77.0 Å². The largest absolute Gasteiger partial charge is 0.484 e. The summed E-state index contributed by atoms with van der Waals surface area (Å²) in [6, 6.07) is 16.4. The maximum atomic E-state index is 11.7. The topological polar surface area (TPSA) is 101 Å². The van der Waals surface area contributed by atoms with Crippen molar-refractivity contribution in [1.82, 2.24) is 5.43 Å². The number of hydrazone groups is 1. The molecule has 8 heteroatoms. The van der Waals surface area contributed by atoms with Crippen molar-refractivity contribution in [3.63, 3.8) is 0 Å². The average Bonchev–Trinajstić information content (AvgIpc) is 3.16. The van der Waals surface area contributed by atoms with Gasteiger partial charge in [-0.1, -0.05) is 23.7 Å². The van der Waals surface area contributed by atoms with Crippen LogP contribution < -0.4 is 10.2 Å². The molecule has 0 aliphatic heterocycles. The minimum atomic E-state index is -1.02. The van der Waals surface area contributed by atoms with Gasteiger partial charge in [-0.15, -0.1) is 0 Å². The van der Waals surface area contributed by atoms with Crippen molar-refractivity contribution < 1.29 is 23.8 Å². The van der Waals surface area contributed by atoms with E-state index in [-0.39, 0.29) is 12.2 Å². The van der Waals surface area contributed by atoms with Crippen LogP contribution in [0.15, 0.2) is 70.2 Å². The maximum absolute atomic E-state index is 11.7. The Morgan fingerprint density at radius 1 is 1.14 bits per heavy atom. The van der Waals surface area contributed by atoms with Gasteiger partial charge in [-0.2, -0.15) is 5.10 Å². The van der Waals surface area contributed by atoms with Crippen molar-refractivity contribution in [1.29, 1.82) is 0 Å². The number of aromatic carboxylic acids is 1. The minimum Gasteiger partial charge on any atom is -0.484 e. The molecule has 0 bridgehead atoms. The van der Waals surface area contributed by atoms with Crippen LogP contribution in [0.4, 0.5) is 0 Å². The zero-order chi connectivity index (χ0) is 19.9. The number of carboxylic acids is 1. The first-order chi connectivity index (χ1) is 13.5. The van der Waals surface area contributed by atoms with E-state index in [2.05, 4.69) is 10.5 Å². The molecule has 0 saturated heterocycles. The first-order valence-electron chi connectivity index (χ1n) is 8.15. The summed E-state index contributed by atoms with van der Waals surface area (Å²) >= 11 is 5.77.